The predicted octanol–water partition coefficient (Wildman–Crippen LogP) is 4.40. The summed E-state index contributed by atoms with van der Waals surface area (Å²) in [5, 5.41) is 13.4. The van der Waals surface area contributed by atoms with Crippen LogP contribution in [0.1, 0.15) is 57.0 Å². The summed E-state index contributed by atoms with van der Waals surface area (Å²) < 4.78 is 15.6. The van der Waals surface area contributed by atoms with Gasteiger partial charge < -0.3 is 24.8 Å². The number of carbonyl (C=O) groups excluding carboxylic acids is 1. The highest BCUT2D eigenvalue weighted by molar-refractivity contribution is 5.99. The molecule has 7 nitrogen and oxygen atoms in total. The van der Waals surface area contributed by atoms with Crippen LogP contribution in [0.3, 0.4) is 0 Å². The maximum absolute atomic E-state index is 14.3. The Bertz CT molecular complexity index is 971. The number of rotatable bonds is 8. The molecule has 1 aromatic heterocycles. The summed E-state index contributed by atoms with van der Waals surface area (Å²) in [7, 11) is 6.93. The van der Waals surface area contributed by atoms with Gasteiger partial charge in [-0.05, 0) is 52.1 Å². The zero-order valence-corrected chi connectivity index (χ0v) is 22.5. The van der Waals surface area contributed by atoms with Gasteiger partial charge >= 0.3 is 0 Å². The van der Waals surface area contributed by atoms with Gasteiger partial charge in [0.15, 0.2) is 0 Å². The second-order valence-corrected chi connectivity index (χ2v) is 8.37. The van der Waals surface area contributed by atoms with Crippen molar-refractivity contribution in [3.8, 4) is 0 Å². The number of benzene rings is 1. The SMILES string of the molecule is CC.CC.Cc1ccc(Nc2cc(=O)n(C)cc2C(=O)N(C)CCC(C)(O)CN(C)C)c(F)c1. The van der Waals surface area contributed by atoms with Gasteiger partial charge in [-0.1, -0.05) is 33.8 Å². The Balaban J connectivity index is 0.00000258. The molecule has 0 saturated carbocycles. The van der Waals surface area contributed by atoms with Gasteiger partial charge in [0.25, 0.3) is 11.5 Å². The molecule has 0 bridgehead atoms. The van der Waals surface area contributed by atoms with Crippen LogP contribution in [-0.2, 0) is 7.05 Å². The van der Waals surface area contributed by atoms with E-state index >= 15 is 0 Å². The number of nitrogens with one attached hydrogen (secondary N) is 1. The molecule has 1 amide bonds. The van der Waals surface area contributed by atoms with Gasteiger partial charge in [0, 0.05) is 39.4 Å². The molecular formula is C26H43FN4O3. The number of carbonyl (C=O) groups is 1. The van der Waals surface area contributed by atoms with Crippen molar-refractivity contribution in [2.24, 2.45) is 7.05 Å². The summed E-state index contributed by atoms with van der Waals surface area (Å²) in [5.74, 6) is -0.802. The van der Waals surface area contributed by atoms with Crippen molar-refractivity contribution in [1.82, 2.24) is 14.4 Å². The first-order valence-electron chi connectivity index (χ1n) is 11.8. The van der Waals surface area contributed by atoms with Crippen LogP contribution >= 0.6 is 0 Å². The fourth-order valence-corrected chi connectivity index (χ4v) is 3.25. The monoisotopic (exact) mass is 478 g/mol. The molecule has 0 fully saturated rings. The molecule has 8 heteroatoms. The van der Waals surface area contributed by atoms with Gasteiger partial charge in [0.1, 0.15) is 5.82 Å². The molecule has 2 aromatic rings. The van der Waals surface area contributed by atoms with E-state index in [9.17, 15) is 19.1 Å². The Morgan fingerprint density at radius 1 is 1.12 bits per heavy atom. The van der Waals surface area contributed by atoms with Crippen LogP contribution in [0.2, 0.25) is 0 Å². The van der Waals surface area contributed by atoms with Crippen molar-refractivity contribution in [1.29, 1.82) is 0 Å². The van der Waals surface area contributed by atoms with Crippen molar-refractivity contribution < 1.29 is 14.3 Å². The predicted molar refractivity (Wildman–Crippen MR) is 140 cm³/mol. The van der Waals surface area contributed by atoms with Crippen LogP contribution in [0.15, 0.2) is 35.3 Å². The van der Waals surface area contributed by atoms with Gasteiger partial charge in [0.2, 0.25) is 0 Å². The fourth-order valence-electron chi connectivity index (χ4n) is 3.25. The molecule has 0 aliphatic heterocycles. The highest BCUT2D eigenvalue weighted by atomic mass is 19.1. The van der Waals surface area contributed by atoms with E-state index in [1.165, 1.54) is 27.8 Å². The first-order valence-corrected chi connectivity index (χ1v) is 11.8. The molecule has 1 atom stereocenters. The van der Waals surface area contributed by atoms with E-state index in [0.717, 1.165) is 5.56 Å². The van der Waals surface area contributed by atoms with Crippen LogP contribution in [0.5, 0.6) is 0 Å². The van der Waals surface area contributed by atoms with E-state index < -0.39 is 11.4 Å². The van der Waals surface area contributed by atoms with Gasteiger partial charge in [-0.2, -0.15) is 0 Å². The maximum atomic E-state index is 14.3. The molecule has 0 aliphatic carbocycles. The number of anilines is 2. The molecular weight excluding hydrogens is 435 g/mol. The smallest absolute Gasteiger partial charge is 0.257 e. The molecule has 1 heterocycles. The molecule has 0 aliphatic rings. The molecule has 1 aromatic carbocycles. The summed E-state index contributed by atoms with van der Waals surface area (Å²) in [6.07, 6.45) is 1.82. The van der Waals surface area contributed by atoms with Gasteiger partial charge in [0.05, 0.1) is 22.5 Å². The minimum Gasteiger partial charge on any atom is -0.389 e. The maximum Gasteiger partial charge on any atom is 0.257 e. The molecule has 0 spiro atoms. The van der Waals surface area contributed by atoms with Crippen molar-refractivity contribution in [2.45, 2.75) is 53.6 Å². The molecule has 2 rings (SSSR count). The van der Waals surface area contributed by atoms with Gasteiger partial charge in [-0.25, -0.2) is 4.39 Å². The molecule has 0 saturated heterocycles. The molecule has 2 N–H and O–H groups in total. The summed E-state index contributed by atoms with van der Waals surface area (Å²) in [5.41, 5.74) is 0.151. The second-order valence-electron chi connectivity index (χ2n) is 8.37. The number of hydrogen-bond donors (Lipinski definition) is 2. The quantitative estimate of drug-likeness (QED) is 0.588. The van der Waals surface area contributed by atoms with E-state index in [1.54, 1.807) is 40.1 Å². The van der Waals surface area contributed by atoms with Crippen molar-refractivity contribution in [3.05, 3.63) is 57.8 Å². The third kappa shape index (κ3) is 9.65. The third-order valence-electron chi connectivity index (χ3n) is 4.84. The number of likely N-dealkylation sites (N-methyl/N-ethyl adjacent to an activating group) is 1. The first kappa shape index (κ1) is 31.3. The van der Waals surface area contributed by atoms with Crippen LogP contribution in [0.4, 0.5) is 15.8 Å². The Morgan fingerprint density at radius 3 is 2.24 bits per heavy atom. The topological polar surface area (TPSA) is 77.8 Å². The highest BCUT2D eigenvalue weighted by Crippen LogP contribution is 2.24. The van der Waals surface area contributed by atoms with E-state index in [0.29, 0.717) is 19.5 Å². The van der Waals surface area contributed by atoms with Gasteiger partial charge in [-0.15, -0.1) is 0 Å². The molecule has 192 valence electrons. The van der Waals surface area contributed by atoms with Crippen LogP contribution in [0.25, 0.3) is 0 Å². The number of aromatic nitrogens is 1. The molecule has 0 radical (unpaired) electrons. The number of aliphatic hydroxyl groups is 1. The largest absolute Gasteiger partial charge is 0.389 e. The number of pyridine rings is 1. The van der Waals surface area contributed by atoms with E-state index in [1.807, 2.05) is 46.7 Å². The zero-order valence-electron chi connectivity index (χ0n) is 22.5. The lowest BCUT2D eigenvalue weighted by molar-refractivity contribution is 0.0185. The van der Waals surface area contributed by atoms with Crippen LogP contribution < -0.4 is 10.9 Å². The molecule has 1 unspecified atom stereocenters. The first-order chi connectivity index (χ1) is 15.9. The number of hydrogen-bond acceptors (Lipinski definition) is 5. The highest BCUT2D eigenvalue weighted by Gasteiger charge is 2.24. The number of halogens is 1. The third-order valence-corrected chi connectivity index (χ3v) is 4.84. The zero-order chi connectivity index (χ0) is 26.6. The van der Waals surface area contributed by atoms with Crippen LogP contribution in [-0.4, -0.2) is 65.2 Å². The molecule has 34 heavy (non-hydrogen) atoms. The van der Waals surface area contributed by atoms with Crippen molar-refractivity contribution in [3.63, 3.8) is 0 Å². The lowest BCUT2D eigenvalue weighted by atomic mass is 10.0. The summed E-state index contributed by atoms with van der Waals surface area (Å²) in [6.45, 7) is 12.3. The van der Waals surface area contributed by atoms with E-state index in [4.69, 9.17) is 0 Å². The minimum atomic E-state index is -0.951. The Labute approximate surface area is 204 Å². The second kappa shape index (κ2) is 14.5. The standard InChI is InChI=1S/C22H31FN4O3.2C2H6/c1-15-7-8-18(17(23)11-15)24-19-12-20(28)27(6)13-16(19)21(29)26(5)10-9-22(2,30)14-25(3)4;2*1-2/h7-8,11-13,24,30H,9-10,14H2,1-6H3;2*1-2H3. The number of aryl methyl sites for hydroxylation is 2. The summed E-state index contributed by atoms with van der Waals surface area (Å²) in [6, 6.07) is 5.97. The summed E-state index contributed by atoms with van der Waals surface area (Å²) >= 11 is 0. The lowest BCUT2D eigenvalue weighted by Crippen LogP contribution is -2.41. The van der Waals surface area contributed by atoms with E-state index in [-0.39, 0.29) is 28.4 Å². The Hall–Kier alpha value is -2.71. The minimum absolute atomic E-state index is 0.180. The van der Waals surface area contributed by atoms with Crippen LogP contribution in [0, 0.1) is 12.7 Å². The van der Waals surface area contributed by atoms with Gasteiger partial charge in [-0.3, -0.25) is 9.59 Å². The Morgan fingerprint density at radius 2 is 1.71 bits per heavy atom. The van der Waals surface area contributed by atoms with Crippen molar-refractivity contribution in [2.75, 3.05) is 39.5 Å². The lowest BCUT2D eigenvalue weighted by Gasteiger charge is -2.29. The number of nitrogens with zero attached hydrogens (tertiary/aromatic N) is 3. The average molecular weight is 479 g/mol. The average Bonchev–Trinajstić information content (AvgIpc) is 2.77. The summed E-state index contributed by atoms with van der Waals surface area (Å²) in [4.78, 5) is 28.6. The van der Waals surface area contributed by atoms with Crippen molar-refractivity contribution >= 4 is 17.3 Å². The fraction of sp³-hybridized carbons (Fsp3) is 0.538. The number of amides is 1. The Kier molecular flexibility index (Phi) is 13.4. The van der Waals surface area contributed by atoms with E-state index in [2.05, 4.69) is 5.32 Å². The normalized spacial score (nSPS) is 12.0.